The molecule has 2 aliphatic rings. The third-order valence-electron chi connectivity index (χ3n) is 5.49. The average molecular weight is 325 g/mol. The summed E-state index contributed by atoms with van der Waals surface area (Å²) in [4.78, 5) is 26.7. The molecule has 0 saturated heterocycles. The Hall–Kier alpha value is -2.14. The van der Waals surface area contributed by atoms with Crippen LogP contribution in [-0.4, -0.2) is 20.1 Å². The zero-order valence-electron chi connectivity index (χ0n) is 14.2. The molecule has 126 valence electrons. The van der Waals surface area contributed by atoms with Crippen LogP contribution >= 0.6 is 0 Å². The van der Waals surface area contributed by atoms with E-state index in [2.05, 4.69) is 29.2 Å². The fourth-order valence-corrected chi connectivity index (χ4v) is 3.90. The van der Waals surface area contributed by atoms with Gasteiger partial charge in [-0.15, -0.1) is 0 Å². The minimum atomic E-state index is -0.250. The van der Waals surface area contributed by atoms with Crippen molar-refractivity contribution in [3.63, 3.8) is 0 Å². The predicted octanol–water partition coefficient (Wildman–Crippen LogP) is 1.74. The molecule has 0 amide bonds. The Morgan fingerprint density at radius 1 is 1.08 bits per heavy atom. The lowest BCUT2D eigenvalue weighted by Gasteiger charge is -2.30. The largest absolute Gasteiger partial charge is 0.330 e. The molecule has 0 N–H and O–H groups in total. The molecule has 1 aromatic carbocycles. The Labute approximate surface area is 141 Å². The van der Waals surface area contributed by atoms with E-state index in [4.69, 9.17) is 0 Å². The molecule has 0 radical (unpaired) electrons. The highest BCUT2D eigenvalue weighted by Gasteiger charge is 2.37. The summed E-state index contributed by atoms with van der Waals surface area (Å²) < 4.78 is 2.77. The quantitative estimate of drug-likeness (QED) is 0.860. The molecule has 5 heteroatoms. The van der Waals surface area contributed by atoms with E-state index in [1.165, 1.54) is 31.0 Å². The number of hydrogen-bond acceptors (Lipinski definition) is 3. The number of nitrogens with zero attached hydrogens (tertiary/aromatic N) is 3. The molecule has 2 aromatic rings. The van der Waals surface area contributed by atoms with E-state index < -0.39 is 0 Å². The van der Waals surface area contributed by atoms with E-state index in [0.717, 1.165) is 23.1 Å². The van der Waals surface area contributed by atoms with Gasteiger partial charge in [-0.25, -0.2) is 4.79 Å². The first-order valence-corrected chi connectivity index (χ1v) is 8.65. The van der Waals surface area contributed by atoms with Crippen molar-refractivity contribution in [1.29, 1.82) is 0 Å². The summed E-state index contributed by atoms with van der Waals surface area (Å²) in [5.41, 5.74) is 3.18. The molecular weight excluding hydrogens is 302 g/mol. The molecule has 1 unspecified atom stereocenters. The minimum Gasteiger partial charge on any atom is -0.299 e. The van der Waals surface area contributed by atoms with Crippen LogP contribution in [0.5, 0.6) is 0 Å². The number of aromatic nitrogens is 2. The molecule has 1 atom stereocenters. The molecule has 5 nitrogen and oxygen atoms in total. The second-order valence-electron chi connectivity index (χ2n) is 7.03. The van der Waals surface area contributed by atoms with Gasteiger partial charge in [-0.2, -0.15) is 0 Å². The van der Waals surface area contributed by atoms with Crippen molar-refractivity contribution < 1.29 is 0 Å². The zero-order valence-corrected chi connectivity index (χ0v) is 14.2. The lowest BCUT2D eigenvalue weighted by molar-refractivity contribution is 0.172. The van der Waals surface area contributed by atoms with Crippen molar-refractivity contribution >= 4 is 0 Å². The molecule has 1 saturated carbocycles. The SMILES string of the molecule is Cn1c(CN(C2CC2)C2CCc3ccccc32)cc(=O)n(C)c1=O. The molecule has 0 spiro atoms. The fraction of sp³-hybridized carbons (Fsp3) is 0.474. The standard InChI is InChI=1S/C19H23N3O2/c1-20-15(11-18(23)21(2)19(20)24)12-22(14-8-9-14)17-10-7-13-5-3-4-6-16(13)17/h3-6,11,14,17H,7-10,12H2,1-2H3. The third-order valence-corrected chi connectivity index (χ3v) is 5.49. The zero-order chi connectivity index (χ0) is 16.8. The van der Waals surface area contributed by atoms with Crippen LogP contribution in [0.2, 0.25) is 0 Å². The van der Waals surface area contributed by atoms with Crippen molar-refractivity contribution in [2.24, 2.45) is 14.1 Å². The monoisotopic (exact) mass is 325 g/mol. The summed E-state index contributed by atoms with van der Waals surface area (Å²) in [6.07, 6.45) is 4.64. The highest BCUT2D eigenvalue weighted by atomic mass is 16.2. The van der Waals surface area contributed by atoms with Gasteiger partial charge in [-0.1, -0.05) is 24.3 Å². The van der Waals surface area contributed by atoms with Crippen LogP contribution in [0.4, 0.5) is 0 Å². The van der Waals surface area contributed by atoms with Crippen LogP contribution < -0.4 is 11.2 Å². The molecule has 0 aliphatic heterocycles. The molecule has 4 rings (SSSR count). The van der Waals surface area contributed by atoms with E-state index >= 15 is 0 Å². The highest BCUT2D eigenvalue weighted by Crippen LogP contribution is 2.42. The summed E-state index contributed by atoms with van der Waals surface area (Å²) >= 11 is 0. The molecule has 2 aliphatic carbocycles. The first-order chi connectivity index (χ1) is 11.6. The van der Waals surface area contributed by atoms with Crippen molar-refractivity contribution in [2.45, 2.75) is 44.3 Å². The van der Waals surface area contributed by atoms with E-state index in [0.29, 0.717) is 18.6 Å². The molecule has 0 bridgehead atoms. The third kappa shape index (κ3) is 2.53. The number of rotatable bonds is 4. The van der Waals surface area contributed by atoms with Crippen LogP contribution in [0.15, 0.2) is 39.9 Å². The van der Waals surface area contributed by atoms with Crippen LogP contribution in [0.1, 0.15) is 42.1 Å². The van der Waals surface area contributed by atoms with Crippen molar-refractivity contribution in [1.82, 2.24) is 14.0 Å². The first-order valence-electron chi connectivity index (χ1n) is 8.65. The number of aryl methyl sites for hydroxylation is 1. The Morgan fingerprint density at radius 3 is 2.58 bits per heavy atom. The van der Waals surface area contributed by atoms with E-state index in [1.807, 2.05) is 0 Å². The molecule has 24 heavy (non-hydrogen) atoms. The summed E-state index contributed by atoms with van der Waals surface area (Å²) in [7, 11) is 3.28. The van der Waals surface area contributed by atoms with Gasteiger partial charge < -0.3 is 0 Å². The van der Waals surface area contributed by atoms with Crippen molar-refractivity contribution in [2.75, 3.05) is 0 Å². The second-order valence-corrected chi connectivity index (χ2v) is 7.03. The summed E-state index contributed by atoms with van der Waals surface area (Å²) in [5.74, 6) is 0. The number of benzene rings is 1. The topological polar surface area (TPSA) is 47.2 Å². The maximum Gasteiger partial charge on any atom is 0.330 e. The molecular formula is C19H23N3O2. The Balaban J connectivity index is 1.70. The normalized spacial score (nSPS) is 19.7. The van der Waals surface area contributed by atoms with Crippen LogP contribution in [0.3, 0.4) is 0 Å². The van der Waals surface area contributed by atoms with Gasteiger partial charge >= 0.3 is 5.69 Å². The second kappa shape index (κ2) is 5.74. The Bertz CT molecular complexity index is 892. The van der Waals surface area contributed by atoms with Gasteiger partial charge in [-0.3, -0.25) is 18.8 Å². The molecule has 1 aromatic heterocycles. The van der Waals surface area contributed by atoms with E-state index in [-0.39, 0.29) is 11.2 Å². The lowest BCUT2D eigenvalue weighted by Crippen LogP contribution is -2.40. The summed E-state index contributed by atoms with van der Waals surface area (Å²) in [5, 5.41) is 0. The minimum absolute atomic E-state index is 0.226. The Morgan fingerprint density at radius 2 is 1.83 bits per heavy atom. The Kier molecular flexibility index (Phi) is 3.68. The summed E-state index contributed by atoms with van der Waals surface area (Å²) in [6.45, 7) is 0.658. The maximum atomic E-state index is 12.2. The van der Waals surface area contributed by atoms with Gasteiger partial charge in [0.1, 0.15) is 0 Å². The van der Waals surface area contributed by atoms with Crippen LogP contribution in [-0.2, 0) is 27.1 Å². The smallest absolute Gasteiger partial charge is 0.299 e. The van der Waals surface area contributed by atoms with Gasteiger partial charge in [0.25, 0.3) is 5.56 Å². The lowest BCUT2D eigenvalue weighted by atomic mass is 10.1. The first kappa shape index (κ1) is 15.4. The fourth-order valence-electron chi connectivity index (χ4n) is 3.90. The van der Waals surface area contributed by atoms with Gasteiger partial charge in [-0.05, 0) is 36.8 Å². The van der Waals surface area contributed by atoms with Crippen molar-refractivity contribution in [3.8, 4) is 0 Å². The average Bonchev–Trinajstić information content (AvgIpc) is 3.34. The highest BCUT2D eigenvalue weighted by molar-refractivity contribution is 5.34. The number of hydrogen-bond donors (Lipinski definition) is 0. The summed E-state index contributed by atoms with van der Waals surface area (Å²) in [6, 6.07) is 11.2. The van der Waals surface area contributed by atoms with Crippen molar-refractivity contribution in [3.05, 3.63) is 68.0 Å². The molecule has 1 heterocycles. The van der Waals surface area contributed by atoms with Gasteiger partial charge in [0.15, 0.2) is 0 Å². The predicted molar refractivity (Wildman–Crippen MR) is 93.0 cm³/mol. The van der Waals surface area contributed by atoms with Gasteiger partial charge in [0.2, 0.25) is 0 Å². The maximum absolute atomic E-state index is 12.2. The van der Waals surface area contributed by atoms with Gasteiger partial charge in [0.05, 0.1) is 0 Å². The van der Waals surface area contributed by atoms with Crippen LogP contribution in [0, 0.1) is 0 Å². The molecule has 1 fully saturated rings. The van der Waals surface area contributed by atoms with Gasteiger partial charge in [0, 0.05) is 44.5 Å². The van der Waals surface area contributed by atoms with Crippen LogP contribution in [0.25, 0.3) is 0 Å². The van der Waals surface area contributed by atoms with E-state index in [9.17, 15) is 9.59 Å². The number of fused-ring (bicyclic) bond motifs is 1. The van der Waals surface area contributed by atoms with E-state index in [1.54, 1.807) is 17.7 Å².